The Labute approximate surface area is 117 Å². The van der Waals surface area contributed by atoms with Crippen LogP contribution in [0.2, 0.25) is 0 Å². The first-order valence-electron chi connectivity index (χ1n) is 5.75. The fourth-order valence-electron chi connectivity index (χ4n) is 1.55. The van der Waals surface area contributed by atoms with Gasteiger partial charge in [-0.05, 0) is 24.3 Å². The van der Waals surface area contributed by atoms with Crippen LogP contribution in [-0.2, 0) is 0 Å². The van der Waals surface area contributed by atoms with Crippen LogP contribution < -0.4 is 9.47 Å². The number of carbonyl (C=O) groups is 1. The molecular formula is C17H10O3. The lowest BCUT2D eigenvalue weighted by atomic mass is 10.2. The zero-order valence-electron chi connectivity index (χ0n) is 10.5. The van der Waals surface area contributed by atoms with Crippen molar-refractivity contribution in [1.29, 1.82) is 0 Å². The molecule has 0 aromatic heterocycles. The van der Waals surface area contributed by atoms with Gasteiger partial charge >= 0.3 is 6.16 Å². The van der Waals surface area contributed by atoms with E-state index in [-0.39, 0.29) is 11.5 Å². The highest BCUT2D eigenvalue weighted by molar-refractivity contribution is 5.69. The van der Waals surface area contributed by atoms with Crippen molar-refractivity contribution in [1.82, 2.24) is 0 Å². The second-order valence-electron chi connectivity index (χ2n) is 3.74. The van der Waals surface area contributed by atoms with Gasteiger partial charge in [0.05, 0.1) is 11.1 Å². The average molecular weight is 262 g/mol. The van der Waals surface area contributed by atoms with Crippen molar-refractivity contribution in [3.63, 3.8) is 0 Å². The van der Waals surface area contributed by atoms with Crippen molar-refractivity contribution in [3.8, 4) is 36.2 Å². The minimum absolute atomic E-state index is 0.262. The van der Waals surface area contributed by atoms with E-state index in [4.69, 9.17) is 22.3 Å². The van der Waals surface area contributed by atoms with Crippen LogP contribution in [0.25, 0.3) is 0 Å². The molecule has 2 aromatic carbocycles. The van der Waals surface area contributed by atoms with Gasteiger partial charge in [0.15, 0.2) is 0 Å². The van der Waals surface area contributed by atoms with Crippen LogP contribution >= 0.6 is 0 Å². The van der Waals surface area contributed by atoms with Gasteiger partial charge in [-0.3, -0.25) is 0 Å². The van der Waals surface area contributed by atoms with E-state index in [9.17, 15) is 4.79 Å². The largest absolute Gasteiger partial charge is 0.519 e. The van der Waals surface area contributed by atoms with Gasteiger partial charge in [0.1, 0.15) is 11.5 Å². The highest BCUT2D eigenvalue weighted by Gasteiger charge is 2.12. The van der Waals surface area contributed by atoms with E-state index >= 15 is 0 Å². The molecule has 0 saturated carbocycles. The molecule has 20 heavy (non-hydrogen) atoms. The smallest absolute Gasteiger partial charge is 0.393 e. The average Bonchev–Trinajstić information content (AvgIpc) is 2.48. The fraction of sp³-hybridized carbons (Fsp3) is 0. The van der Waals surface area contributed by atoms with E-state index in [2.05, 4.69) is 11.8 Å². The van der Waals surface area contributed by atoms with Crippen molar-refractivity contribution in [2.75, 3.05) is 0 Å². The zero-order valence-corrected chi connectivity index (χ0v) is 10.5. The summed E-state index contributed by atoms with van der Waals surface area (Å²) in [6, 6.07) is 13.4. The molecule has 0 radical (unpaired) electrons. The standard InChI is InChI=1S/C17H10O3/c1-3-13-9-5-7-11-15(13)19-17(18)20-16-12-8-6-10-14(16)4-2/h1-2,5-12H. The van der Waals surface area contributed by atoms with E-state index in [1.807, 2.05) is 0 Å². The van der Waals surface area contributed by atoms with Crippen LogP contribution in [0.4, 0.5) is 4.79 Å². The van der Waals surface area contributed by atoms with Gasteiger partial charge in [-0.15, -0.1) is 12.8 Å². The number of terminal acetylenes is 2. The molecule has 0 heterocycles. The quantitative estimate of drug-likeness (QED) is 0.473. The molecule has 0 atom stereocenters. The molecule has 96 valence electrons. The molecule has 0 N–H and O–H groups in total. The van der Waals surface area contributed by atoms with Crippen LogP contribution in [0.15, 0.2) is 48.5 Å². The molecule has 0 aliphatic heterocycles. The molecular weight excluding hydrogens is 252 g/mol. The topological polar surface area (TPSA) is 35.5 Å². The van der Waals surface area contributed by atoms with Crippen LogP contribution in [0.1, 0.15) is 11.1 Å². The Morgan fingerprint density at radius 3 is 1.60 bits per heavy atom. The molecule has 2 rings (SSSR count). The summed E-state index contributed by atoms with van der Waals surface area (Å²) in [5, 5.41) is 0. The van der Waals surface area contributed by atoms with Gasteiger partial charge in [0.25, 0.3) is 0 Å². The lowest BCUT2D eigenvalue weighted by Gasteiger charge is -2.08. The lowest BCUT2D eigenvalue weighted by molar-refractivity contribution is 0.151. The number of hydrogen-bond acceptors (Lipinski definition) is 3. The molecule has 0 fully saturated rings. The summed E-state index contributed by atoms with van der Waals surface area (Å²) in [5.74, 6) is 5.37. The molecule has 0 saturated heterocycles. The maximum absolute atomic E-state index is 11.7. The van der Waals surface area contributed by atoms with Crippen molar-refractivity contribution < 1.29 is 14.3 Å². The zero-order chi connectivity index (χ0) is 14.4. The number of hydrogen-bond donors (Lipinski definition) is 0. The minimum atomic E-state index is -0.893. The van der Waals surface area contributed by atoms with Crippen LogP contribution in [0.3, 0.4) is 0 Å². The fourth-order valence-corrected chi connectivity index (χ4v) is 1.55. The van der Waals surface area contributed by atoms with Crippen molar-refractivity contribution >= 4 is 6.16 Å². The SMILES string of the molecule is C#Cc1ccccc1OC(=O)Oc1ccccc1C#C. The minimum Gasteiger partial charge on any atom is -0.393 e. The summed E-state index contributed by atoms with van der Waals surface area (Å²) in [4.78, 5) is 11.7. The van der Waals surface area contributed by atoms with Gasteiger partial charge in [-0.25, -0.2) is 4.79 Å². The highest BCUT2D eigenvalue weighted by Crippen LogP contribution is 2.20. The third-order valence-electron chi connectivity index (χ3n) is 2.47. The number of para-hydroxylation sites is 2. The first-order chi connectivity index (χ1) is 9.74. The number of ether oxygens (including phenoxy) is 2. The Morgan fingerprint density at radius 1 is 0.800 bits per heavy atom. The van der Waals surface area contributed by atoms with Gasteiger partial charge < -0.3 is 9.47 Å². The van der Waals surface area contributed by atoms with E-state index in [1.54, 1.807) is 48.5 Å². The summed E-state index contributed by atoms with van der Waals surface area (Å²) >= 11 is 0. The predicted octanol–water partition coefficient (Wildman–Crippen LogP) is 3.23. The van der Waals surface area contributed by atoms with E-state index in [0.717, 1.165) is 0 Å². The Bertz CT molecular complexity index is 656. The Morgan fingerprint density at radius 2 is 1.20 bits per heavy atom. The molecule has 3 nitrogen and oxygen atoms in total. The summed E-state index contributed by atoms with van der Waals surface area (Å²) in [7, 11) is 0. The normalized spacial score (nSPS) is 9.10. The molecule has 0 spiro atoms. The van der Waals surface area contributed by atoms with E-state index in [1.165, 1.54) is 0 Å². The third kappa shape index (κ3) is 2.98. The monoisotopic (exact) mass is 262 g/mol. The van der Waals surface area contributed by atoms with Crippen LogP contribution in [0, 0.1) is 24.7 Å². The van der Waals surface area contributed by atoms with E-state index < -0.39 is 6.16 Å². The first kappa shape index (κ1) is 13.3. The molecule has 0 amide bonds. The Balaban J connectivity index is 2.14. The maximum Gasteiger partial charge on any atom is 0.519 e. The van der Waals surface area contributed by atoms with Crippen molar-refractivity contribution in [2.45, 2.75) is 0 Å². The van der Waals surface area contributed by atoms with Gasteiger partial charge in [0.2, 0.25) is 0 Å². The van der Waals surface area contributed by atoms with Crippen molar-refractivity contribution in [3.05, 3.63) is 59.7 Å². The molecule has 0 bridgehead atoms. The molecule has 0 aliphatic carbocycles. The summed E-state index contributed by atoms with van der Waals surface area (Å²) < 4.78 is 10.1. The second-order valence-corrected chi connectivity index (χ2v) is 3.74. The molecule has 0 aliphatic rings. The number of carbonyl (C=O) groups excluding carboxylic acids is 1. The maximum atomic E-state index is 11.7. The summed E-state index contributed by atoms with van der Waals surface area (Å²) in [5.41, 5.74) is 0.935. The summed E-state index contributed by atoms with van der Waals surface area (Å²) in [6.45, 7) is 0. The number of rotatable bonds is 2. The van der Waals surface area contributed by atoms with Crippen LogP contribution in [0.5, 0.6) is 11.5 Å². The summed E-state index contributed by atoms with van der Waals surface area (Å²) in [6.07, 6.45) is 9.74. The first-order valence-corrected chi connectivity index (χ1v) is 5.75. The van der Waals surface area contributed by atoms with Gasteiger partial charge in [-0.2, -0.15) is 0 Å². The van der Waals surface area contributed by atoms with Gasteiger partial charge in [-0.1, -0.05) is 36.1 Å². The molecule has 2 aromatic rings. The Kier molecular flexibility index (Phi) is 4.07. The molecule has 3 heteroatoms. The number of benzene rings is 2. The highest BCUT2D eigenvalue weighted by atomic mass is 16.7. The predicted molar refractivity (Wildman–Crippen MR) is 75.4 cm³/mol. The third-order valence-corrected chi connectivity index (χ3v) is 2.47. The van der Waals surface area contributed by atoms with Gasteiger partial charge in [0, 0.05) is 0 Å². The lowest BCUT2D eigenvalue weighted by Crippen LogP contribution is -2.15. The van der Waals surface area contributed by atoms with Crippen LogP contribution in [-0.4, -0.2) is 6.16 Å². The Hall–Kier alpha value is -3.17. The second kappa shape index (κ2) is 6.13. The van der Waals surface area contributed by atoms with Crippen molar-refractivity contribution in [2.24, 2.45) is 0 Å². The molecule has 0 unspecified atom stereocenters. The van der Waals surface area contributed by atoms with E-state index in [0.29, 0.717) is 11.1 Å².